The molecule has 1 atom stereocenters. The molecule has 6 nitrogen and oxygen atoms in total. The van der Waals surface area contributed by atoms with Gasteiger partial charge in [0, 0.05) is 17.9 Å². The number of aromatic nitrogens is 2. The molecule has 3 rings (SSSR count). The maximum Gasteiger partial charge on any atom is 0.317 e. The summed E-state index contributed by atoms with van der Waals surface area (Å²) in [6.07, 6.45) is 1.29. The van der Waals surface area contributed by atoms with E-state index in [1.54, 1.807) is 6.07 Å². The number of ether oxygens (including phenoxy) is 1. The Hall–Kier alpha value is -1.99. The minimum absolute atomic E-state index is 0.246. The van der Waals surface area contributed by atoms with Crippen LogP contribution in [-0.2, 0) is 10.0 Å². The Morgan fingerprint density at radius 3 is 2.46 bits per heavy atom. The molecule has 1 saturated heterocycles. The van der Waals surface area contributed by atoms with Crippen LogP contribution in [0.5, 0.6) is 6.01 Å². The van der Waals surface area contributed by atoms with Gasteiger partial charge in [0.1, 0.15) is 6.10 Å². The van der Waals surface area contributed by atoms with Crippen molar-refractivity contribution in [2.75, 3.05) is 13.1 Å². The summed E-state index contributed by atoms with van der Waals surface area (Å²) >= 11 is 0. The van der Waals surface area contributed by atoms with Crippen LogP contribution < -0.4 is 4.74 Å². The minimum Gasteiger partial charge on any atom is -0.459 e. The molecule has 1 fully saturated rings. The number of benzene rings is 1. The van der Waals surface area contributed by atoms with Gasteiger partial charge in [0.25, 0.3) is 0 Å². The van der Waals surface area contributed by atoms with Crippen LogP contribution in [0.1, 0.15) is 35.4 Å². The molecule has 1 aliphatic heterocycles. The Morgan fingerprint density at radius 1 is 1.08 bits per heavy atom. The standard InChI is InChI=1S/C19H25N3O3S/c1-13-7-8-14(2)18(10-13)26(23,24)22-9-5-6-17(12-22)25-19-20-15(3)11-16(4)21-19/h7-8,10-11,17H,5-6,9,12H2,1-4H3. The number of sulfonamides is 1. The third-order valence-electron chi connectivity index (χ3n) is 4.54. The van der Waals surface area contributed by atoms with E-state index < -0.39 is 10.0 Å². The molecule has 0 radical (unpaired) electrons. The fourth-order valence-electron chi connectivity index (χ4n) is 3.24. The van der Waals surface area contributed by atoms with E-state index in [-0.39, 0.29) is 6.10 Å². The summed E-state index contributed by atoms with van der Waals surface area (Å²) in [4.78, 5) is 8.97. The zero-order valence-corrected chi connectivity index (χ0v) is 16.5. The second-order valence-electron chi connectivity index (χ2n) is 6.95. The normalized spacial score (nSPS) is 18.7. The zero-order valence-electron chi connectivity index (χ0n) is 15.7. The van der Waals surface area contributed by atoms with Gasteiger partial charge in [-0.1, -0.05) is 12.1 Å². The number of nitrogens with zero attached hydrogens (tertiary/aromatic N) is 3. The van der Waals surface area contributed by atoms with E-state index in [0.29, 0.717) is 24.0 Å². The van der Waals surface area contributed by atoms with E-state index in [4.69, 9.17) is 4.74 Å². The Morgan fingerprint density at radius 2 is 1.77 bits per heavy atom. The van der Waals surface area contributed by atoms with Crippen molar-refractivity contribution in [2.24, 2.45) is 0 Å². The second kappa shape index (κ2) is 7.32. The summed E-state index contributed by atoms with van der Waals surface area (Å²) < 4.78 is 33.6. The van der Waals surface area contributed by atoms with Gasteiger partial charge in [-0.25, -0.2) is 18.4 Å². The maximum absolute atomic E-state index is 13.1. The van der Waals surface area contributed by atoms with Crippen molar-refractivity contribution in [3.63, 3.8) is 0 Å². The number of hydrogen-bond acceptors (Lipinski definition) is 5. The average molecular weight is 375 g/mol. The summed E-state index contributed by atoms with van der Waals surface area (Å²) in [6, 6.07) is 7.71. The molecule has 1 aromatic carbocycles. The van der Waals surface area contributed by atoms with Crippen LogP contribution in [0.2, 0.25) is 0 Å². The molecule has 140 valence electrons. The number of aryl methyl sites for hydroxylation is 4. The third-order valence-corrected chi connectivity index (χ3v) is 6.54. The second-order valence-corrected chi connectivity index (χ2v) is 8.85. The molecule has 2 heterocycles. The maximum atomic E-state index is 13.1. The van der Waals surface area contributed by atoms with Gasteiger partial charge in [0.2, 0.25) is 10.0 Å². The first-order chi connectivity index (χ1) is 12.3. The van der Waals surface area contributed by atoms with E-state index in [1.165, 1.54) is 4.31 Å². The Bertz CT molecular complexity index is 892. The smallest absolute Gasteiger partial charge is 0.317 e. The summed E-state index contributed by atoms with van der Waals surface area (Å²) in [5, 5.41) is 0. The van der Waals surface area contributed by atoms with Crippen molar-refractivity contribution < 1.29 is 13.2 Å². The van der Waals surface area contributed by atoms with Crippen molar-refractivity contribution in [3.8, 4) is 6.01 Å². The number of hydrogen-bond donors (Lipinski definition) is 0. The first-order valence-corrected chi connectivity index (χ1v) is 10.3. The number of piperidine rings is 1. The van der Waals surface area contributed by atoms with Gasteiger partial charge in [-0.3, -0.25) is 0 Å². The quantitative estimate of drug-likeness (QED) is 0.821. The lowest BCUT2D eigenvalue weighted by Gasteiger charge is -2.32. The van der Waals surface area contributed by atoms with Gasteiger partial charge < -0.3 is 4.74 Å². The van der Waals surface area contributed by atoms with Crippen molar-refractivity contribution >= 4 is 10.0 Å². The lowest BCUT2D eigenvalue weighted by Crippen LogP contribution is -2.44. The number of rotatable bonds is 4. The van der Waals surface area contributed by atoms with E-state index in [1.807, 2.05) is 45.9 Å². The van der Waals surface area contributed by atoms with Gasteiger partial charge in [-0.15, -0.1) is 0 Å². The third kappa shape index (κ3) is 4.04. The van der Waals surface area contributed by atoms with Gasteiger partial charge >= 0.3 is 6.01 Å². The van der Waals surface area contributed by atoms with E-state index in [0.717, 1.165) is 35.4 Å². The van der Waals surface area contributed by atoms with Gasteiger partial charge in [0.05, 0.1) is 11.4 Å². The molecule has 0 saturated carbocycles. The monoisotopic (exact) mass is 375 g/mol. The molecule has 0 N–H and O–H groups in total. The highest BCUT2D eigenvalue weighted by Crippen LogP contribution is 2.25. The molecule has 2 aromatic rings. The van der Waals surface area contributed by atoms with Crippen LogP contribution >= 0.6 is 0 Å². The Balaban J connectivity index is 1.80. The topological polar surface area (TPSA) is 72.4 Å². The summed E-state index contributed by atoms with van der Waals surface area (Å²) in [5.74, 6) is 0. The van der Waals surface area contributed by atoms with Crippen molar-refractivity contribution in [1.29, 1.82) is 0 Å². The van der Waals surface area contributed by atoms with Crippen molar-refractivity contribution in [1.82, 2.24) is 14.3 Å². The summed E-state index contributed by atoms with van der Waals surface area (Å²) in [6.45, 7) is 8.32. The Labute approximate surface area is 155 Å². The fourth-order valence-corrected chi connectivity index (χ4v) is 5.06. The molecule has 1 aromatic heterocycles. The molecule has 26 heavy (non-hydrogen) atoms. The average Bonchev–Trinajstić information content (AvgIpc) is 2.56. The predicted molar refractivity (Wildman–Crippen MR) is 99.8 cm³/mol. The molecule has 1 aliphatic rings. The molecule has 0 aliphatic carbocycles. The van der Waals surface area contributed by atoms with Crippen molar-refractivity contribution in [3.05, 3.63) is 46.8 Å². The zero-order chi connectivity index (χ0) is 18.9. The molecule has 0 amide bonds. The van der Waals surface area contributed by atoms with Gasteiger partial charge in [0.15, 0.2) is 0 Å². The Kier molecular flexibility index (Phi) is 5.29. The minimum atomic E-state index is -3.54. The van der Waals surface area contributed by atoms with Crippen LogP contribution in [0.3, 0.4) is 0 Å². The highest BCUT2D eigenvalue weighted by molar-refractivity contribution is 7.89. The van der Waals surface area contributed by atoms with Crippen LogP contribution in [0.15, 0.2) is 29.2 Å². The van der Waals surface area contributed by atoms with Gasteiger partial charge in [-0.2, -0.15) is 4.31 Å². The summed E-state index contributed by atoms with van der Waals surface area (Å²) in [5.41, 5.74) is 3.37. The van der Waals surface area contributed by atoms with E-state index in [2.05, 4.69) is 9.97 Å². The van der Waals surface area contributed by atoms with Crippen LogP contribution in [0, 0.1) is 27.7 Å². The molecule has 7 heteroatoms. The van der Waals surface area contributed by atoms with E-state index >= 15 is 0 Å². The highest BCUT2D eigenvalue weighted by Gasteiger charge is 2.32. The lowest BCUT2D eigenvalue weighted by atomic mass is 10.1. The van der Waals surface area contributed by atoms with Crippen LogP contribution in [0.25, 0.3) is 0 Å². The molecular formula is C19H25N3O3S. The lowest BCUT2D eigenvalue weighted by molar-refractivity contribution is 0.118. The highest BCUT2D eigenvalue weighted by atomic mass is 32.2. The molecule has 0 spiro atoms. The predicted octanol–water partition coefficient (Wildman–Crippen LogP) is 2.94. The first kappa shape index (κ1) is 18.8. The van der Waals surface area contributed by atoms with Crippen molar-refractivity contribution in [2.45, 2.75) is 51.5 Å². The molecular weight excluding hydrogens is 350 g/mol. The largest absolute Gasteiger partial charge is 0.459 e. The molecule has 0 bridgehead atoms. The van der Waals surface area contributed by atoms with Crippen LogP contribution in [0.4, 0.5) is 0 Å². The first-order valence-electron chi connectivity index (χ1n) is 8.82. The fraction of sp³-hybridized carbons (Fsp3) is 0.474. The summed E-state index contributed by atoms with van der Waals surface area (Å²) in [7, 11) is -3.54. The van der Waals surface area contributed by atoms with Gasteiger partial charge in [-0.05, 0) is 63.8 Å². The van der Waals surface area contributed by atoms with Crippen LogP contribution in [-0.4, -0.2) is 41.9 Å². The molecule has 1 unspecified atom stereocenters. The van der Waals surface area contributed by atoms with E-state index in [9.17, 15) is 8.42 Å². The SMILES string of the molecule is Cc1ccc(C)c(S(=O)(=O)N2CCCC(Oc3nc(C)cc(C)n3)C2)c1.